The molecule has 0 aliphatic rings. The fraction of sp³-hybridized carbons (Fsp3) is 0.333. The van der Waals surface area contributed by atoms with Gasteiger partial charge in [-0.25, -0.2) is 4.79 Å². The van der Waals surface area contributed by atoms with Crippen molar-refractivity contribution >= 4 is 6.16 Å². The summed E-state index contributed by atoms with van der Waals surface area (Å²) in [7, 11) is 0. The second kappa shape index (κ2) is 6.09. The zero-order valence-corrected chi connectivity index (χ0v) is 9.90. The van der Waals surface area contributed by atoms with E-state index < -0.39 is 24.0 Å². The van der Waals surface area contributed by atoms with Gasteiger partial charge in [0, 0.05) is 5.56 Å². The van der Waals surface area contributed by atoms with Gasteiger partial charge >= 0.3 is 12.3 Å². The van der Waals surface area contributed by atoms with Gasteiger partial charge in [-0.2, -0.15) is 18.4 Å². The molecule has 1 aromatic rings. The predicted octanol–water partition coefficient (Wildman–Crippen LogP) is 3.44. The van der Waals surface area contributed by atoms with Gasteiger partial charge in [0.05, 0.1) is 12.2 Å². The Balaban J connectivity index is 2.83. The zero-order chi connectivity index (χ0) is 14.5. The van der Waals surface area contributed by atoms with Crippen LogP contribution < -0.4 is 0 Å². The van der Waals surface area contributed by atoms with Crippen LogP contribution in [0.1, 0.15) is 24.2 Å². The fourth-order valence-electron chi connectivity index (χ4n) is 1.26. The van der Waals surface area contributed by atoms with E-state index in [9.17, 15) is 18.0 Å². The summed E-state index contributed by atoms with van der Waals surface area (Å²) in [5.74, 6) is 0. The Morgan fingerprint density at radius 3 is 2.37 bits per heavy atom. The maximum atomic E-state index is 12.3. The number of carbonyl (C=O) groups excluding carboxylic acids is 1. The Bertz CT molecular complexity index is 476. The van der Waals surface area contributed by atoms with E-state index >= 15 is 0 Å². The molecular formula is C12H10F3NO3. The first-order chi connectivity index (χ1) is 8.88. The van der Waals surface area contributed by atoms with Gasteiger partial charge in [0.25, 0.3) is 0 Å². The highest BCUT2D eigenvalue weighted by Gasteiger charge is 2.30. The quantitative estimate of drug-likeness (QED) is 0.791. The van der Waals surface area contributed by atoms with Gasteiger partial charge in [-0.05, 0) is 19.1 Å². The lowest BCUT2D eigenvalue weighted by Crippen LogP contribution is -2.12. The monoisotopic (exact) mass is 273 g/mol. The molecule has 102 valence electrons. The van der Waals surface area contributed by atoms with Crippen LogP contribution in [0.15, 0.2) is 24.3 Å². The summed E-state index contributed by atoms with van der Waals surface area (Å²) >= 11 is 0. The summed E-state index contributed by atoms with van der Waals surface area (Å²) in [4.78, 5) is 11.0. The number of carbonyl (C=O) groups is 1. The highest BCUT2D eigenvalue weighted by Crippen LogP contribution is 2.30. The lowest BCUT2D eigenvalue weighted by Gasteiger charge is -2.12. The van der Waals surface area contributed by atoms with Gasteiger partial charge in [-0.15, -0.1) is 0 Å². The predicted molar refractivity (Wildman–Crippen MR) is 57.9 cm³/mol. The minimum absolute atomic E-state index is 0.0734. The molecule has 0 N–H and O–H groups in total. The molecule has 1 rings (SSSR count). The molecule has 0 saturated heterocycles. The number of halogens is 3. The summed E-state index contributed by atoms with van der Waals surface area (Å²) in [6, 6.07) is 5.45. The van der Waals surface area contributed by atoms with E-state index in [0.717, 1.165) is 24.3 Å². The first kappa shape index (κ1) is 14.8. The third-order valence-corrected chi connectivity index (χ3v) is 2.13. The zero-order valence-electron chi connectivity index (χ0n) is 9.90. The number of alkyl halides is 3. The molecule has 0 spiro atoms. The van der Waals surface area contributed by atoms with Gasteiger partial charge < -0.3 is 9.47 Å². The molecule has 1 aromatic carbocycles. The van der Waals surface area contributed by atoms with Crippen LogP contribution in [0, 0.1) is 11.3 Å². The Morgan fingerprint density at radius 2 is 1.95 bits per heavy atom. The van der Waals surface area contributed by atoms with Crippen molar-refractivity contribution < 1.29 is 27.4 Å². The summed E-state index contributed by atoms with van der Waals surface area (Å²) in [5, 5.41) is 8.82. The fourth-order valence-corrected chi connectivity index (χ4v) is 1.26. The van der Waals surface area contributed by atoms with E-state index in [-0.39, 0.29) is 12.2 Å². The van der Waals surface area contributed by atoms with Crippen molar-refractivity contribution in [3.63, 3.8) is 0 Å². The van der Waals surface area contributed by atoms with Crippen molar-refractivity contribution in [3.05, 3.63) is 35.4 Å². The van der Waals surface area contributed by atoms with Crippen molar-refractivity contribution in [1.82, 2.24) is 0 Å². The number of nitriles is 1. The minimum atomic E-state index is -4.46. The van der Waals surface area contributed by atoms with Crippen LogP contribution in [0.25, 0.3) is 0 Å². The van der Waals surface area contributed by atoms with Crippen LogP contribution >= 0.6 is 0 Å². The molecule has 0 heterocycles. The van der Waals surface area contributed by atoms with E-state index in [1.54, 1.807) is 13.0 Å². The van der Waals surface area contributed by atoms with Crippen molar-refractivity contribution in [2.24, 2.45) is 0 Å². The van der Waals surface area contributed by atoms with E-state index in [4.69, 9.17) is 5.26 Å². The smallest absolute Gasteiger partial charge is 0.435 e. The molecule has 0 saturated carbocycles. The third-order valence-electron chi connectivity index (χ3n) is 2.13. The summed E-state index contributed by atoms with van der Waals surface area (Å²) < 4.78 is 46.2. The molecule has 0 fully saturated rings. The summed E-state index contributed by atoms with van der Waals surface area (Å²) in [5.41, 5.74) is -0.701. The Labute approximate surface area is 107 Å². The molecule has 4 nitrogen and oxygen atoms in total. The van der Waals surface area contributed by atoms with Gasteiger partial charge in [0.1, 0.15) is 6.07 Å². The van der Waals surface area contributed by atoms with Crippen molar-refractivity contribution in [3.8, 4) is 6.07 Å². The number of hydrogen-bond acceptors (Lipinski definition) is 4. The largest absolute Gasteiger partial charge is 0.509 e. The number of benzene rings is 1. The number of ether oxygens (including phenoxy) is 2. The van der Waals surface area contributed by atoms with Crippen LogP contribution in [0.5, 0.6) is 0 Å². The Morgan fingerprint density at radius 1 is 1.37 bits per heavy atom. The molecule has 1 atom stereocenters. The average molecular weight is 273 g/mol. The van der Waals surface area contributed by atoms with Crippen molar-refractivity contribution in [2.45, 2.75) is 19.2 Å². The van der Waals surface area contributed by atoms with Crippen molar-refractivity contribution in [2.75, 3.05) is 6.61 Å². The highest BCUT2D eigenvalue weighted by molar-refractivity contribution is 5.60. The van der Waals surface area contributed by atoms with Crippen LogP contribution in [0.2, 0.25) is 0 Å². The standard InChI is InChI=1S/C12H10F3NO3/c1-2-18-11(17)19-10(7-16)8-3-5-9(6-4-8)12(13,14)15/h3-6,10H,2H2,1H3/t10-/m1/s1. The normalized spacial score (nSPS) is 12.4. The van der Waals surface area contributed by atoms with Gasteiger partial charge in [-0.1, -0.05) is 12.1 Å². The van der Waals surface area contributed by atoms with Gasteiger partial charge in [0.2, 0.25) is 6.10 Å². The molecule has 0 unspecified atom stereocenters. The maximum Gasteiger partial charge on any atom is 0.509 e. The Hall–Kier alpha value is -2.23. The van der Waals surface area contributed by atoms with Crippen LogP contribution in [-0.2, 0) is 15.7 Å². The molecule has 0 radical (unpaired) electrons. The lowest BCUT2D eigenvalue weighted by atomic mass is 10.1. The number of rotatable bonds is 3. The van der Waals surface area contributed by atoms with Gasteiger partial charge in [-0.3, -0.25) is 0 Å². The Kier molecular flexibility index (Phi) is 4.75. The van der Waals surface area contributed by atoms with Crippen LogP contribution in [0.3, 0.4) is 0 Å². The average Bonchev–Trinajstić information content (AvgIpc) is 2.35. The molecule has 0 bridgehead atoms. The second-order valence-corrected chi connectivity index (χ2v) is 3.43. The van der Waals surface area contributed by atoms with E-state index in [1.165, 1.54) is 0 Å². The maximum absolute atomic E-state index is 12.3. The van der Waals surface area contributed by atoms with E-state index in [2.05, 4.69) is 9.47 Å². The third kappa shape index (κ3) is 4.17. The van der Waals surface area contributed by atoms with E-state index in [0.29, 0.717) is 0 Å². The molecule has 0 aromatic heterocycles. The second-order valence-electron chi connectivity index (χ2n) is 3.43. The first-order valence-corrected chi connectivity index (χ1v) is 5.28. The van der Waals surface area contributed by atoms with Crippen LogP contribution in [-0.4, -0.2) is 12.8 Å². The molecule has 0 aliphatic heterocycles. The molecular weight excluding hydrogens is 263 g/mol. The summed E-state index contributed by atoms with van der Waals surface area (Å²) in [6.45, 7) is 1.63. The summed E-state index contributed by atoms with van der Waals surface area (Å²) in [6.07, 6.45) is -6.81. The lowest BCUT2D eigenvalue weighted by molar-refractivity contribution is -0.137. The van der Waals surface area contributed by atoms with Gasteiger partial charge in [0.15, 0.2) is 0 Å². The van der Waals surface area contributed by atoms with Crippen molar-refractivity contribution in [1.29, 1.82) is 5.26 Å². The SMILES string of the molecule is CCOC(=O)O[C@H](C#N)c1ccc(C(F)(F)F)cc1. The van der Waals surface area contributed by atoms with Crippen LogP contribution in [0.4, 0.5) is 18.0 Å². The van der Waals surface area contributed by atoms with E-state index in [1.807, 2.05) is 0 Å². The minimum Gasteiger partial charge on any atom is -0.435 e. The molecule has 0 amide bonds. The highest BCUT2D eigenvalue weighted by atomic mass is 19.4. The number of nitrogens with zero attached hydrogens (tertiary/aromatic N) is 1. The molecule has 19 heavy (non-hydrogen) atoms. The topological polar surface area (TPSA) is 59.3 Å². The first-order valence-electron chi connectivity index (χ1n) is 5.28. The molecule has 0 aliphatic carbocycles. The molecule has 7 heteroatoms. The number of hydrogen-bond donors (Lipinski definition) is 0.